The minimum atomic E-state index is -0.180. The zero-order valence-electron chi connectivity index (χ0n) is 11.2. The third-order valence-corrected chi connectivity index (χ3v) is 2.54. The molecule has 0 saturated heterocycles. The number of nitrogens with one attached hydrogen (secondary N) is 2. The van der Waals surface area contributed by atoms with Crippen molar-refractivity contribution in [3.63, 3.8) is 0 Å². The Hall–Kier alpha value is -2.47. The highest BCUT2D eigenvalue weighted by Crippen LogP contribution is 2.15. The summed E-state index contributed by atoms with van der Waals surface area (Å²) in [5.74, 6) is -0.180. The van der Waals surface area contributed by atoms with Gasteiger partial charge in [0.1, 0.15) is 12.9 Å². The fourth-order valence-electron chi connectivity index (χ4n) is 1.65. The van der Waals surface area contributed by atoms with E-state index in [2.05, 4.69) is 20.6 Å². The molecule has 1 aromatic heterocycles. The Bertz CT molecular complexity index is 560. The molecule has 1 heterocycles. The number of carbonyl (C=O) groups excluding carboxylic acids is 1. The van der Waals surface area contributed by atoms with Crippen LogP contribution in [-0.4, -0.2) is 29.6 Å². The normalized spacial score (nSPS) is 10.1. The molecule has 0 fully saturated rings. The third kappa shape index (κ3) is 4.33. The number of hydrogen-bond donors (Lipinski definition) is 2. The zero-order valence-corrected chi connectivity index (χ0v) is 11.2. The summed E-state index contributed by atoms with van der Waals surface area (Å²) < 4.78 is 4.77. The van der Waals surface area contributed by atoms with Gasteiger partial charge in [0.25, 0.3) is 0 Å². The summed E-state index contributed by atoms with van der Waals surface area (Å²) in [7, 11) is 1.49. The summed E-state index contributed by atoms with van der Waals surface area (Å²) in [6.45, 7) is 0.635. The summed E-state index contributed by atoms with van der Waals surface area (Å²) in [4.78, 5) is 19.4. The van der Waals surface area contributed by atoms with Gasteiger partial charge in [-0.1, -0.05) is 6.07 Å². The second kappa shape index (κ2) is 7.20. The van der Waals surface area contributed by atoms with Crippen LogP contribution in [0.3, 0.4) is 0 Å². The van der Waals surface area contributed by atoms with Gasteiger partial charge < -0.3 is 15.4 Å². The van der Waals surface area contributed by atoms with Crippen LogP contribution in [0.4, 0.5) is 11.4 Å². The summed E-state index contributed by atoms with van der Waals surface area (Å²) in [5, 5.41) is 5.99. The quantitative estimate of drug-likeness (QED) is 0.836. The maximum atomic E-state index is 11.4. The highest BCUT2D eigenvalue weighted by Gasteiger charge is 2.02. The molecule has 0 aliphatic heterocycles. The van der Waals surface area contributed by atoms with Gasteiger partial charge in [-0.3, -0.25) is 4.79 Å². The van der Waals surface area contributed by atoms with Gasteiger partial charge in [0, 0.05) is 24.7 Å². The molecule has 0 aliphatic rings. The molecule has 20 heavy (non-hydrogen) atoms. The lowest BCUT2D eigenvalue weighted by Gasteiger charge is -2.09. The molecular formula is C14H16N4O2. The van der Waals surface area contributed by atoms with Gasteiger partial charge in [-0.05, 0) is 24.3 Å². The maximum absolute atomic E-state index is 11.4. The van der Waals surface area contributed by atoms with E-state index in [4.69, 9.17) is 4.74 Å². The molecule has 0 aliphatic carbocycles. The molecular weight excluding hydrogens is 256 g/mol. The fourth-order valence-corrected chi connectivity index (χ4v) is 1.65. The molecule has 0 bridgehead atoms. The standard InChI is InChI=1S/C14H16N4O2/c1-20-9-14(19)18-12-4-2-3-11(7-12)16-8-13-5-6-15-10-17-13/h2-7,10,16H,8-9H2,1H3,(H,18,19). The lowest BCUT2D eigenvalue weighted by atomic mass is 10.2. The highest BCUT2D eigenvalue weighted by molar-refractivity contribution is 5.92. The molecule has 2 aromatic rings. The van der Waals surface area contributed by atoms with Crippen molar-refractivity contribution in [1.82, 2.24) is 9.97 Å². The Labute approximate surface area is 117 Å². The predicted octanol–water partition coefficient (Wildman–Crippen LogP) is 1.67. The second-order valence-electron chi connectivity index (χ2n) is 4.12. The summed E-state index contributed by atoms with van der Waals surface area (Å²) in [6.07, 6.45) is 3.21. The number of aromatic nitrogens is 2. The first kappa shape index (κ1) is 14.0. The van der Waals surface area contributed by atoms with Crippen LogP contribution in [0.15, 0.2) is 42.9 Å². The Morgan fingerprint density at radius 1 is 1.30 bits per heavy atom. The summed E-state index contributed by atoms with van der Waals surface area (Å²) >= 11 is 0. The van der Waals surface area contributed by atoms with Crippen LogP contribution in [0.5, 0.6) is 0 Å². The molecule has 1 aromatic carbocycles. The summed E-state index contributed by atoms with van der Waals surface area (Å²) in [5.41, 5.74) is 2.52. The van der Waals surface area contributed by atoms with E-state index in [0.717, 1.165) is 17.1 Å². The molecule has 6 nitrogen and oxygen atoms in total. The minimum Gasteiger partial charge on any atom is -0.379 e. The van der Waals surface area contributed by atoms with Crippen LogP contribution in [0.1, 0.15) is 5.69 Å². The number of rotatable bonds is 6. The SMILES string of the molecule is COCC(=O)Nc1cccc(NCc2ccncn2)c1. The molecule has 0 spiro atoms. The highest BCUT2D eigenvalue weighted by atomic mass is 16.5. The van der Waals surface area contributed by atoms with E-state index in [-0.39, 0.29) is 12.5 Å². The van der Waals surface area contributed by atoms with E-state index in [9.17, 15) is 4.79 Å². The molecule has 0 radical (unpaired) electrons. The predicted molar refractivity (Wildman–Crippen MR) is 76.3 cm³/mol. The van der Waals surface area contributed by atoms with Gasteiger partial charge in [0.05, 0.1) is 12.2 Å². The van der Waals surface area contributed by atoms with Crippen LogP contribution in [0.25, 0.3) is 0 Å². The van der Waals surface area contributed by atoms with Crippen molar-refractivity contribution in [1.29, 1.82) is 0 Å². The van der Waals surface area contributed by atoms with Crippen molar-refractivity contribution >= 4 is 17.3 Å². The smallest absolute Gasteiger partial charge is 0.250 e. The lowest BCUT2D eigenvalue weighted by Crippen LogP contribution is -2.17. The van der Waals surface area contributed by atoms with Crippen LogP contribution in [-0.2, 0) is 16.1 Å². The average molecular weight is 272 g/mol. The number of carbonyl (C=O) groups is 1. The van der Waals surface area contributed by atoms with Crippen molar-refractivity contribution < 1.29 is 9.53 Å². The number of methoxy groups -OCH3 is 1. The third-order valence-electron chi connectivity index (χ3n) is 2.54. The molecule has 0 atom stereocenters. The first-order valence-corrected chi connectivity index (χ1v) is 6.15. The summed E-state index contributed by atoms with van der Waals surface area (Å²) in [6, 6.07) is 9.31. The molecule has 0 saturated carbocycles. The minimum absolute atomic E-state index is 0.0403. The van der Waals surface area contributed by atoms with Crippen LogP contribution in [0, 0.1) is 0 Å². The molecule has 104 valence electrons. The van der Waals surface area contributed by atoms with Gasteiger partial charge in [0.15, 0.2) is 0 Å². The Balaban J connectivity index is 1.94. The van der Waals surface area contributed by atoms with E-state index in [1.54, 1.807) is 6.20 Å². The van der Waals surface area contributed by atoms with Crippen molar-refractivity contribution in [3.05, 3.63) is 48.5 Å². The largest absolute Gasteiger partial charge is 0.379 e. The van der Waals surface area contributed by atoms with E-state index >= 15 is 0 Å². The van der Waals surface area contributed by atoms with E-state index in [1.165, 1.54) is 13.4 Å². The number of nitrogens with zero attached hydrogens (tertiary/aromatic N) is 2. The Morgan fingerprint density at radius 2 is 2.15 bits per heavy atom. The first-order valence-electron chi connectivity index (χ1n) is 6.15. The first-order chi connectivity index (χ1) is 9.78. The number of benzene rings is 1. The second-order valence-corrected chi connectivity index (χ2v) is 4.12. The topological polar surface area (TPSA) is 76.1 Å². The number of ether oxygens (including phenoxy) is 1. The van der Waals surface area contributed by atoms with Gasteiger partial charge in [0.2, 0.25) is 5.91 Å². The van der Waals surface area contributed by atoms with Crippen molar-refractivity contribution in [2.24, 2.45) is 0 Å². The molecule has 1 amide bonds. The Kier molecular flexibility index (Phi) is 5.02. The fraction of sp³-hybridized carbons (Fsp3) is 0.214. The molecule has 6 heteroatoms. The van der Waals surface area contributed by atoms with Crippen molar-refractivity contribution in [2.75, 3.05) is 24.4 Å². The van der Waals surface area contributed by atoms with E-state index in [1.807, 2.05) is 30.3 Å². The lowest BCUT2D eigenvalue weighted by molar-refractivity contribution is -0.119. The number of amides is 1. The molecule has 0 unspecified atom stereocenters. The molecule has 2 N–H and O–H groups in total. The van der Waals surface area contributed by atoms with Crippen LogP contribution >= 0.6 is 0 Å². The monoisotopic (exact) mass is 272 g/mol. The molecule has 2 rings (SSSR count). The van der Waals surface area contributed by atoms with E-state index in [0.29, 0.717) is 6.54 Å². The zero-order chi connectivity index (χ0) is 14.2. The van der Waals surface area contributed by atoms with E-state index < -0.39 is 0 Å². The van der Waals surface area contributed by atoms with Gasteiger partial charge in [-0.2, -0.15) is 0 Å². The van der Waals surface area contributed by atoms with Crippen LogP contribution in [0.2, 0.25) is 0 Å². The van der Waals surface area contributed by atoms with Crippen molar-refractivity contribution in [3.8, 4) is 0 Å². The van der Waals surface area contributed by atoms with Gasteiger partial charge >= 0.3 is 0 Å². The van der Waals surface area contributed by atoms with Gasteiger partial charge in [-0.25, -0.2) is 9.97 Å². The number of anilines is 2. The van der Waals surface area contributed by atoms with Crippen molar-refractivity contribution in [2.45, 2.75) is 6.54 Å². The van der Waals surface area contributed by atoms with Crippen LogP contribution < -0.4 is 10.6 Å². The number of hydrogen-bond acceptors (Lipinski definition) is 5. The average Bonchev–Trinajstić information content (AvgIpc) is 2.47. The Morgan fingerprint density at radius 3 is 2.90 bits per heavy atom. The maximum Gasteiger partial charge on any atom is 0.250 e. The van der Waals surface area contributed by atoms with Gasteiger partial charge in [-0.15, -0.1) is 0 Å².